The number of halogens is 1. The second-order valence-electron chi connectivity index (χ2n) is 5.78. The molecule has 0 bridgehead atoms. The lowest BCUT2D eigenvalue weighted by atomic mass is 10.1. The van der Waals surface area contributed by atoms with E-state index in [0.717, 1.165) is 15.8 Å². The number of hydrogen-bond acceptors (Lipinski definition) is 5. The number of thioether (sulfide) groups is 1. The van der Waals surface area contributed by atoms with Crippen LogP contribution in [0.3, 0.4) is 0 Å². The van der Waals surface area contributed by atoms with Crippen molar-refractivity contribution in [3.05, 3.63) is 76.5 Å². The number of nitrogens with one attached hydrogen (secondary N) is 1. The lowest BCUT2D eigenvalue weighted by Crippen LogP contribution is -2.20. The number of amides is 1. The fourth-order valence-electron chi connectivity index (χ4n) is 2.42. The van der Waals surface area contributed by atoms with Crippen molar-refractivity contribution in [2.75, 3.05) is 17.7 Å². The van der Waals surface area contributed by atoms with Crippen molar-refractivity contribution < 1.29 is 14.1 Å². The van der Waals surface area contributed by atoms with E-state index in [-0.39, 0.29) is 11.2 Å². The second kappa shape index (κ2) is 9.62. The molecule has 0 saturated carbocycles. The van der Waals surface area contributed by atoms with Gasteiger partial charge in [-0.2, -0.15) is 0 Å². The van der Waals surface area contributed by atoms with E-state index in [1.54, 1.807) is 13.0 Å². The second-order valence-corrected chi connectivity index (χ2v) is 7.90. The lowest BCUT2D eigenvalue weighted by Gasteiger charge is -2.16. The van der Waals surface area contributed by atoms with Crippen LogP contribution in [0.2, 0.25) is 0 Å². The molecule has 0 aliphatic rings. The first kappa shape index (κ1) is 19.5. The topological polar surface area (TPSA) is 64.4 Å². The van der Waals surface area contributed by atoms with Crippen LogP contribution in [-0.4, -0.2) is 23.4 Å². The Balaban J connectivity index is 1.60. The molecule has 0 aliphatic heterocycles. The van der Waals surface area contributed by atoms with E-state index in [1.165, 1.54) is 11.8 Å². The summed E-state index contributed by atoms with van der Waals surface area (Å²) in [5.74, 6) is 2.41. The third-order valence-electron chi connectivity index (χ3n) is 3.67. The average molecular weight is 447 g/mol. The zero-order chi connectivity index (χ0) is 19.1. The quantitative estimate of drug-likeness (QED) is 0.479. The molecule has 27 heavy (non-hydrogen) atoms. The van der Waals surface area contributed by atoms with Gasteiger partial charge >= 0.3 is 0 Å². The number of ether oxygens (including phenoxy) is 1. The van der Waals surface area contributed by atoms with E-state index in [9.17, 15) is 4.79 Å². The van der Waals surface area contributed by atoms with Gasteiger partial charge in [-0.1, -0.05) is 51.4 Å². The summed E-state index contributed by atoms with van der Waals surface area (Å²) in [6.45, 7) is 2.29. The van der Waals surface area contributed by atoms with Gasteiger partial charge in [0.25, 0.3) is 0 Å². The van der Waals surface area contributed by atoms with Crippen LogP contribution in [-0.2, 0) is 4.79 Å². The van der Waals surface area contributed by atoms with Gasteiger partial charge in [0.05, 0.1) is 6.61 Å². The predicted octanol–water partition coefficient (Wildman–Crippen LogP) is 5.24. The highest BCUT2D eigenvalue weighted by molar-refractivity contribution is 9.10. The molecule has 0 aliphatic carbocycles. The van der Waals surface area contributed by atoms with Crippen LogP contribution in [0.1, 0.15) is 16.6 Å². The number of carbonyl (C=O) groups is 1. The van der Waals surface area contributed by atoms with Gasteiger partial charge in [0.1, 0.15) is 16.8 Å². The molecule has 0 fully saturated rings. The predicted molar refractivity (Wildman–Crippen MR) is 111 cm³/mol. The number of aromatic nitrogens is 1. The summed E-state index contributed by atoms with van der Waals surface area (Å²) >= 11 is 4.93. The molecule has 0 unspecified atom stereocenters. The summed E-state index contributed by atoms with van der Waals surface area (Å²) in [4.78, 5) is 12.8. The molecule has 2 aromatic carbocycles. The molecule has 1 N–H and O–H groups in total. The molecule has 1 heterocycles. The largest absolute Gasteiger partial charge is 0.493 e. The number of aryl methyl sites for hydroxylation is 1. The molecule has 140 valence electrons. The first-order valence-corrected chi connectivity index (χ1v) is 10.2. The third-order valence-corrected chi connectivity index (χ3v) is 5.42. The highest BCUT2D eigenvalue weighted by atomic mass is 79.9. The van der Waals surface area contributed by atoms with Crippen molar-refractivity contribution >= 4 is 39.4 Å². The number of benzene rings is 2. The summed E-state index contributed by atoms with van der Waals surface area (Å²) in [6.07, 6.45) is 0. The maximum Gasteiger partial charge on any atom is 0.243 e. The van der Waals surface area contributed by atoms with Gasteiger partial charge < -0.3 is 14.6 Å². The summed E-state index contributed by atoms with van der Waals surface area (Å²) in [5.41, 5.74) is 0.934. The fraction of sp³-hybridized carbons (Fsp3) is 0.200. The van der Waals surface area contributed by atoms with E-state index in [2.05, 4.69) is 26.4 Å². The number of carbonyl (C=O) groups excluding carboxylic acids is 1. The van der Waals surface area contributed by atoms with E-state index in [1.807, 2.05) is 54.6 Å². The van der Waals surface area contributed by atoms with Gasteiger partial charge in [-0.15, -0.1) is 11.8 Å². The van der Waals surface area contributed by atoms with Crippen LogP contribution in [0.5, 0.6) is 5.75 Å². The minimum Gasteiger partial charge on any atom is -0.493 e. The Kier molecular flexibility index (Phi) is 6.95. The van der Waals surface area contributed by atoms with Crippen LogP contribution in [0.15, 0.2) is 69.7 Å². The minimum atomic E-state index is -0.364. The van der Waals surface area contributed by atoms with Crippen molar-refractivity contribution in [1.29, 1.82) is 0 Å². The van der Waals surface area contributed by atoms with Crippen molar-refractivity contribution in [1.82, 2.24) is 5.16 Å². The van der Waals surface area contributed by atoms with Gasteiger partial charge in [0.2, 0.25) is 5.91 Å². The van der Waals surface area contributed by atoms with E-state index in [4.69, 9.17) is 9.26 Å². The SMILES string of the molecule is Cc1cc(NC(=O)[C@H](SCCOc2ccc(Br)cc2)c2ccccc2)no1. The molecule has 3 aromatic rings. The highest BCUT2D eigenvalue weighted by Crippen LogP contribution is 2.30. The van der Waals surface area contributed by atoms with Crippen LogP contribution < -0.4 is 10.1 Å². The molecule has 0 radical (unpaired) electrons. The Morgan fingerprint density at radius 1 is 1.22 bits per heavy atom. The molecular weight excluding hydrogens is 428 g/mol. The summed E-state index contributed by atoms with van der Waals surface area (Å²) in [5, 5.41) is 6.28. The Bertz CT molecular complexity index is 868. The van der Waals surface area contributed by atoms with E-state index < -0.39 is 0 Å². The van der Waals surface area contributed by atoms with Crippen LogP contribution in [0.4, 0.5) is 5.82 Å². The Morgan fingerprint density at radius 3 is 2.63 bits per heavy atom. The molecular formula is C20H19BrN2O3S. The number of anilines is 1. The Hall–Kier alpha value is -2.25. The summed E-state index contributed by atoms with van der Waals surface area (Å²) in [7, 11) is 0. The van der Waals surface area contributed by atoms with E-state index >= 15 is 0 Å². The zero-order valence-corrected chi connectivity index (χ0v) is 17.1. The highest BCUT2D eigenvalue weighted by Gasteiger charge is 2.22. The first-order chi connectivity index (χ1) is 13.1. The van der Waals surface area contributed by atoms with Crippen molar-refractivity contribution in [3.8, 4) is 5.75 Å². The molecule has 1 atom stereocenters. The van der Waals surface area contributed by atoms with Crippen molar-refractivity contribution in [2.24, 2.45) is 0 Å². The standard InChI is InChI=1S/C20H19BrN2O3S/c1-14-13-18(23-26-14)22-20(24)19(15-5-3-2-4-6-15)27-12-11-25-17-9-7-16(21)8-10-17/h2-10,13,19H,11-12H2,1H3,(H,22,23,24)/t19-/m1/s1. The molecule has 0 spiro atoms. The monoisotopic (exact) mass is 446 g/mol. The lowest BCUT2D eigenvalue weighted by molar-refractivity contribution is -0.115. The van der Waals surface area contributed by atoms with Crippen LogP contribution in [0, 0.1) is 6.92 Å². The van der Waals surface area contributed by atoms with Crippen molar-refractivity contribution in [2.45, 2.75) is 12.2 Å². The molecule has 0 saturated heterocycles. The van der Waals surface area contributed by atoms with Crippen LogP contribution in [0.25, 0.3) is 0 Å². The van der Waals surface area contributed by atoms with E-state index in [0.29, 0.717) is 23.9 Å². The fourth-order valence-corrected chi connectivity index (χ4v) is 3.66. The zero-order valence-electron chi connectivity index (χ0n) is 14.7. The normalized spacial score (nSPS) is 11.8. The van der Waals surface area contributed by atoms with Gasteiger partial charge in [0, 0.05) is 16.3 Å². The first-order valence-electron chi connectivity index (χ1n) is 8.41. The van der Waals surface area contributed by atoms with Gasteiger partial charge in [-0.25, -0.2) is 0 Å². The summed E-state index contributed by atoms with van der Waals surface area (Å²) < 4.78 is 11.8. The maximum absolute atomic E-state index is 12.8. The van der Waals surface area contributed by atoms with Crippen molar-refractivity contribution in [3.63, 3.8) is 0 Å². The minimum absolute atomic E-state index is 0.136. The van der Waals surface area contributed by atoms with Crippen LogP contribution >= 0.6 is 27.7 Å². The number of nitrogens with zero attached hydrogens (tertiary/aromatic N) is 1. The van der Waals surface area contributed by atoms with Gasteiger partial charge in [0.15, 0.2) is 5.82 Å². The smallest absolute Gasteiger partial charge is 0.243 e. The summed E-state index contributed by atoms with van der Waals surface area (Å²) in [6, 6.07) is 19.0. The van der Waals surface area contributed by atoms with Gasteiger partial charge in [-0.05, 0) is 36.8 Å². The molecule has 3 rings (SSSR count). The Morgan fingerprint density at radius 2 is 1.96 bits per heavy atom. The van der Waals surface area contributed by atoms with Gasteiger partial charge in [-0.3, -0.25) is 4.79 Å². The maximum atomic E-state index is 12.8. The molecule has 1 aromatic heterocycles. The molecule has 1 amide bonds. The number of rotatable bonds is 8. The molecule has 5 nitrogen and oxygen atoms in total. The average Bonchev–Trinajstić information content (AvgIpc) is 3.08. The number of hydrogen-bond donors (Lipinski definition) is 1. The Labute approximate surface area is 170 Å². The third kappa shape index (κ3) is 5.87. The molecule has 7 heteroatoms.